The van der Waals surface area contributed by atoms with Gasteiger partial charge < -0.3 is 10.1 Å². The number of allylic oxidation sites excluding steroid dienone is 1. The van der Waals surface area contributed by atoms with E-state index >= 15 is 0 Å². The molecule has 0 saturated heterocycles. The summed E-state index contributed by atoms with van der Waals surface area (Å²) in [4.78, 5) is 12.0. The summed E-state index contributed by atoms with van der Waals surface area (Å²) in [5.74, 6) is 0.598. The first kappa shape index (κ1) is 15.3. The lowest BCUT2D eigenvalue weighted by Crippen LogP contribution is -1.97. The van der Waals surface area contributed by atoms with Crippen LogP contribution in [0.1, 0.15) is 15.9 Å². The normalized spacial score (nSPS) is 10.6. The van der Waals surface area contributed by atoms with Gasteiger partial charge in [0.25, 0.3) is 0 Å². The number of methoxy groups -OCH3 is 1. The van der Waals surface area contributed by atoms with E-state index in [1.54, 1.807) is 31.5 Å². The highest BCUT2D eigenvalue weighted by atomic mass is 79.9. The van der Waals surface area contributed by atoms with Crippen molar-refractivity contribution in [2.45, 2.75) is 6.92 Å². The Bertz CT molecular complexity index is 680. The topological polar surface area (TPSA) is 38.3 Å². The maximum atomic E-state index is 12.0. The third kappa shape index (κ3) is 4.20. The van der Waals surface area contributed by atoms with Crippen LogP contribution in [0.4, 0.5) is 5.69 Å². The Hall–Kier alpha value is -2.07. The minimum Gasteiger partial charge on any atom is -0.497 e. The number of ether oxygens (including phenoxy) is 1. The molecule has 21 heavy (non-hydrogen) atoms. The first-order valence-corrected chi connectivity index (χ1v) is 7.27. The van der Waals surface area contributed by atoms with Crippen molar-refractivity contribution in [3.63, 3.8) is 0 Å². The molecule has 0 aliphatic carbocycles. The van der Waals surface area contributed by atoms with E-state index in [9.17, 15) is 4.79 Å². The summed E-state index contributed by atoms with van der Waals surface area (Å²) in [5.41, 5.74) is 2.66. The number of halogens is 1. The van der Waals surface area contributed by atoms with Crippen LogP contribution in [0.3, 0.4) is 0 Å². The van der Waals surface area contributed by atoms with Crippen molar-refractivity contribution in [3.05, 3.63) is 70.3 Å². The summed E-state index contributed by atoms with van der Waals surface area (Å²) in [7, 11) is 1.58. The second-order valence-electron chi connectivity index (χ2n) is 4.54. The van der Waals surface area contributed by atoms with Crippen LogP contribution in [0.2, 0.25) is 0 Å². The van der Waals surface area contributed by atoms with E-state index in [0.717, 1.165) is 15.7 Å². The third-order valence-electron chi connectivity index (χ3n) is 3.00. The fourth-order valence-corrected chi connectivity index (χ4v) is 2.07. The van der Waals surface area contributed by atoms with Crippen molar-refractivity contribution in [1.29, 1.82) is 0 Å². The molecule has 0 unspecified atom stereocenters. The van der Waals surface area contributed by atoms with Crippen molar-refractivity contribution in [2.75, 3.05) is 12.4 Å². The van der Waals surface area contributed by atoms with Crippen molar-refractivity contribution in [3.8, 4) is 5.75 Å². The van der Waals surface area contributed by atoms with Gasteiger partial charge in [0, 0.05) is 28.0 Å². The highest BCUT2D eigenvalue weighted by Crippen LogP contribution is 2.20. The molecule has 0 amide bonds. The molecule has 0 bridgehead atoms. The number of carbonyl (C=O) groups excluding carboxylic acids is 1. The van der Waals surface area contributed by atoms with Crippen LogP contribution in [0.15, 0.2) is 59.2 Å². The number of ketones is 1. The summed E-state index contributed by atoms with van der Waals surface area (Å²) in [5, 5.41) is 3.09. The molecular formula is C17H16BrNO2. The molecule has 2 aromatic rings. The monoisotopic (exact) mass is 345 g/mol. The zero-order chi connectivity index (χ0) is 15.2. The van der Waals surface area contributed by atoms with E-state index in [1.807, 2.05) is 31.2 Å². The molecule has 0 spiro atoms. The first-order chi connectivity index (χ1) is 10.1. The van der Waals surface area contributed by atoms with E-state index in [1.165, 1.54) is 6.08 Å². The van der Waals surface area contributed by atoms with Gasteiger partial charge in [-0.05, 0) is 42.8 Å². The van der Waals surface area contributed by atoms with Gasteiger partial charge in [-0.2, -0.15) is 0 Å². The van der Waals surface area contributed by atoms with Crippen LogP contribution < -0.4 is 10.1 Å². The van der Waals surface area contributed by atoms with Gasteiger partial charge in [0.1, 0.15) is 5.75 Å². The van der Waals surface area contributed by atoms with Gasteiger partial charge in [0.05, 0.1) is 7.11 Å². The number of nitrogens with one attached hydrogen (secondary N) is 1. The molecule has 108 valence electrons. The van der Waals surface area contributed by atoms with Gasteiger partial charge in [-0.25, -0.2) is 0 Å². The van der Waals surface area contributed by atoms with Crippen molar-refractivity contribution in [1.82, 2.24) is 0 Å². The highest BCUT2D eigenvalue weighted by Gasteiger charge is 2.02. The smallest absolute Gasteiger partial charge is 0.187 e. The average molecular weight is 346 g/mol. The predicted octanol–water partition coefficient (Wildman–Crippen LogP) is 4.57. The Labute approximate surface area is 132 Å². The standard InChI is InChI=1S/C17H16BrNO2/c1-12-10-14(6-7-16(12)18)19-9-8-17(20)13-4-3-5-15(11-13)21-2/h3-11,19H,1-2H3. The lowest BCUT2D eigenvalue weighted by atomic mass is 10.1. The number of aryl methyl sites for hydroxylation is 1. The Morgan fingerprint density at radius 2 is 2.05 bits per heavy atom. The van der Waals surface area contributed by atoms with Crippen molar-refractivity contribution in [2.24, 2.45) is 0 Å². The minimum atomic E-state index is -0.0739. The first-order valence-electron chi connectivity index (χ1n) is 6.48. The summed E-state index contributed by atoms with van der Waals surface area (Å²) < 4.78 is 6.17. The van der Waals surface area contributed by atoms with E-state index in [2.05, 4.69) is 21.2 Å². The minimum absolute atomic E-state index is 0.0739. The Kier molecular flexibility index (Phi) is 5.17. The molecule has 1 N–H and O–H groups in total. The number of benzene rings is 2. The summed E-state index contributed by atoms with van der Waals surface area (Å²) in [6.45, 7) is 2.01. The molecule has 3 nitrogen and oxygen atoms in total. The fourth-order valence-electron chi connectivity index (χ4n) is 1.82. The Balaban J connectivity index is 2.03. The van der Waals surface area contributed by atoms with E-state index in [0.29, 0.717) is 11.3 Å². The van der Waals surface area contributed by atoms with E-state index in [4.69, 9.17) is 4.74 Å². The lowest BCUT2D eigenvalue weighted by Gasteiger charge is -2.04. The lowest BCUT2D eigenvalue weighted by molar-refractivity contribution is 0.104. The molecule has 0 aliphatic heterocycles. The van der Waals surface area contributed by atoms with E-state index < -0.39 is 0 Å². The van der Waals surface area contributed by atoms with Gasteiger partial charge >= 0.3 is 0 Å². The second-order valence-corrected chi connectivity index (χ2v) is 5.39. The molecule has 0 saturated carbocycles. The average Bonchev–Trinajstić information content (AvgIpc) is 2.50. The van der Waals surface area contributed by atoms with Gasteiger partial charge in [0.2, 0.25) is 0 Å². The van der Waals surface area contributed by atoms with Crippen LogP contribution in [-0.4, -0.2) is 12.9 Å². The molecule has 2 rings (SSSR count). The van der Waals surface area contributed by atoms with Crippen LogP contribution >= 0.6 is 15.9 Å². The maximum Gasteiger partial charge on any atom is 0.187 e. The number of rotatable bonds is 5. The molecule has 0 heterocycles. The SMILES string of the molecule is COc1cccc(C(=O)C=CNc2ccc(Br)c(C)c2)c1. The molecule has 4 heteroatoms. The van der Waals surface area contributed by atoms with Gasteiger partial charge in [-0.1, -0.05) is 28.1 Å². The maximum absolute atomic E-state index is 12.0. The van der Waals surface area contributed by atoms with Crippen LogP contribution in [0, 0.1) is 6.92 Å². The van der Waals surface area contributed by atoms with Crippen LogP contribution in [0.5, 0.6) is 5.75 Å². The molecule has 0 fully saturated rings. The Morgan fingerprint density at radius 1 is 1.24 bits per heavy atom. The van der Waals surface area contributed by atoms with Crippen LogP contribution in [0.25, 0.3) is 0 Å². The van der Waals surface area contributed by atoms with Gasteiger partial charge in [-0.15, -0.1) is 0 Å². The summed E-state index contributed by atoms with van der Waals surface area (Å²) in [6, 6.07) is 13.0. The van der Waals surface area contributed by atoms with Crippen molar-refractivity contribution < 1.29 is 9.53 Å². The number of hydrogen-bond acceptors (Lipinski definition) is 3. The molecule has 0 aliphatic rings. The van der Waals surface area contributed by atoms with Gasteiger partial charge in [-0.3, -0.25) is 4.79 Å². The zero-order valence-corrected chi connectivity index (χ0v) is 13.5. The Morgan fingerprint density at radius 3 is 2.76 bits per heavy atom. The predicted molar refractivity (Wildman–Crippen MR) is 89.0 cm³/mol. The third-order valence-corrected chi connectivity index (χ3v) is 3.89. The molecular weight excluding hydrogens is 330 g/mol. The largest absolute Gasteiger partial charge is 0.497 e. The quantitative estimate of drug-likeness (QED) is 0.636. The number of anilines is 1. The second kappa shape index (κ2) is 7.09. The molecule has 0 radical (unpaired) electrons. The number of hydrogen-bond donors (Lipinski definition) is 1. The molecule has 2 aromatic carbocycles. The van der Waals surface area contributed by atoms with Gasteiger partial charge in [0.15, 0.2) is 5.78 Å². The highest BCUT2D eigenvalue weighted by molar-refractivity contribution is 9.10. The molecule has 0 aromatic heterocycles. The summed E-state index contributed by atoms with van der Waals surface area (Å²) >= 11 is 3.45. The number of carbonyl (C=O) groups is 1. The van der Waals surface area contributed by atoms with Crippen LogP contribution in [-0.2, 0) is 0 Å². The molecule has 0 atom stereocenters. The zero-order valence-electron chi connectivity index (χ0n) is 11.9. The van der Waals surface area contributed by atoms with Crippen molar-refractivity contribution >= 4 is 27.4 Å². The fraction of sp³-hybridized carbons (Fsp3) is 0.118. The summed E-state index contributed by atoms with van der Waals surface area (Å²) in [6.07, 6.45) is 3.15. The van der Waals surface area contributed by atoms with E-state index in [-0.39, 0.29) is 5.78 Å².